The van der Waals surface area contributed by atoms with Gasteiger partial charge >= 0.3 is 0 Å². The monoisotopic (exact) mass is 259 g/mol. The van der Waals surface area contributed by atoms with Gasteiger partial charge in [-0.05, 0) is 31.4 Å². The van der Waals surface area contributed by atoms with E-state index in [1.807, 2.05) is 0 Å². The van der Waals surface area contributed by atoms with Gasteiger partial charge in [0.2, 0.25) is 0 Å². The number of hydrogen-bond acceptors (Lipinski definition) is 1. The summed E-state index contributed by atoms with van der Waals surface area (Å²) in [6.45, 7) is 0. The quantitative estimate of drug-likeness (QED) is 0.602. The standard InChI is InChI=1S/C12H12Cl2FN/c13-10-6-9(7-11(14)12(10)15)16-8-4-2-1-3-5-8/h2,4,6-8,16H,1,3,5H2. The molecule has 4 heteroatoms. The summed E-state index contributed by atoms with van der Waals surface area (Å²) in [6.07, 6.45) is 7.63. The molecule has 0 spiro atoms. The number of benzene rings is 1. The largest absolute Gasteiger partial charge is 0.379 e. The SMILES string of the molecule is Fc1c(Cl)cc(NC2C=CCCC2)cc1Cl. The highest BCUT2D eigenvalue weighted by Gasteiger charge is 2.11. The van der Waals surface area contributed by atoms with E-state index in [0.717, 1.165) is 24.9 Å². The van der Waals surface area contributed by atoms with Crippen molar-refractivity contribution in [2.45, 2.75) is 25.3 Å². The van der Waals surface area contributed by atoms with Crippen LogP contribution < -0.4 is 5.32 Å². The molecule has 1 aliphatic carbocycles. The van der Waals surface area contributed by atoms with E-state index in [1.165, 1.54) is 0 Å². The summed E-state index contributed by atoms with van der Waals surface area (Å²) in [6, 6.07) is 3.41. The first-order chi connectivity index (χ1) is 7.66. The van der Waals surface area contributed by atoms with Crippen LogP contribution in [-0.4, -0.2) is 6.04 Å². The van der Waals surface area contributed by atoms with E-state index >= 15 is 0 Å². The zero-order valence-corrected chi connectivity index (χ0v) is 10.2. The summed E-state index contributed by atoms with van der Waals surface area (Å²) < 4.78 is 13.2. The first kappa shape index (κ1) is 11.7. The van der Waals surface area contributed by atoms with E-state index in [1.54, 1.807) is 12.1 Å². The highest BCUT2D eigenvalue weighted by molar-refractivity contribution is 6.35. The Balaban J connectivity index is 2.15. The molecule has 1 unspecified atom stereocenters. The van der Waals surface area contributed by atoms with Gasteiger partial charge in [0.25, 0.3) is 0 Å². The summed E-state index contributed by atoms with van der Waals surface area (Å²) in [7, 11) is 0. The fraction of sp³-hybridized carbons (Fsp3) is 0.333. The minimum atomic E-state index is -0.562. The second-order valence-electron chi connectivity index (χ2n) is 3.86. The lowest BCUT2D eigenvalue weighted by molar-refractivity contribution is 0.628. The Kier molecular flexibility index (Phi) is 3.72. The summed E-state index contributed by atoms with van der Waals surface area (Å²) in [5, 5.41) is 3.37. The van der Waals surface area contributed by atoms with Gasteiger partial charge in [0, 0.05) is 11.7 Å². The molecular weight excluding hydrogens is 248 g/mol. The Bertz CT molecular complexity index is 394. The van der Waals surface area contributed by atoms with Gasteiger partial charge in [-0.15, -0.1) is 0 Å². The molecule has 1 aromatic rings. The number of anilines is 1. The zero-order valence-electron chi connectivity index (χ0n) is 8.64. The van der Waals surface area contributed by atoms with Crippen molar-refractivity contribution in [3.63, 3.8) is 0 Å². The lowest BCUT2D eigenvalue weighted by Crippen LogP contribution is -2.18. The van der Waals surface area contributed by atoms with Crippen LogP contribution in [-0.2, 0) is 0 Å². The highest BCUT2D eigenvalue weighted by Crippen LogP contribution is 2.28. The highest BCUT2D eigenvalue weighted by atomic mass is 35.5. The van der Waals surface area contributed by atoms with Crippen molar-refractivity contribution in [1.82, 2.24) is 0 Å². The Labute approximate surface area is 104 Å². The van der Waals surface area contributed by atoms with Crippen LogP contribution in [0.4, 0.5) is 10.1 Å². The van der Waals surface area contributed by atoms with E-state index in [-0.39, 0.29) is 16.1 Å². The van der Waals surface area contributed by atoms with Gasteiger partial charge in [-0.2, -0.15) is 0 Å². The summed E-state index contributed by atoms with van der Waals surface area (Å²) in [5.41, 5.74) is 0.757. The van der Waals surface area contributed by atoms with Crippen LogP contribution in [0.25, 0.3) is 0 Å². The average molecular weight is 260 g/mol. The number of halogens is 3. The fourth-order valence-electron chi connectivity index (χ4n) is 1.79. The topological polar surface area (TPSA) is 12.0 Å². The Morgan fingerprint density at radius 2 is 1.94 bits per heavy atom. The van der Waals surface area contributed by atoms with E-state index in [9.17, 15) is 4.39 Å². The fourth-order valence-corrected chi connectivity index (χ4v) is 2.27. The van der Waals surface area contributed by atoms with Crippen molar-refractivity contribution in [3.8, 4) is 0 Å². The van der Waals surface area contributed by atoms with E-state index < -0.39 is 5.82 Å². The predicted octanol–water partition coefficient (Wildman–Crippen LogP) is 4.65. The van der Waals surface area contributed by atoms with Crippen LogP contribution in [0.15, 0.2) is 24.3 Å². The molecule has 16 heavy (non-hydrogen) atoms. The molecular formula is C12H12Cl2FN. The molecule has 1 nitrogen and oxygen atoms in total. The third-order valence-corrected chi connectivity index (χ3v) is 3.14. The van der Waals surface area contributed by atoms with Crippen LogP contribution in [0, 0.1) is 5.82 Å². The molecule has 2 rings (SSSR count). The third-order valence-electron chi connectivity index (χ3n) is 2.59. The van der Waals surface area contributed by atoms with E-state index in [2.05, 4.69) is 17.5 Å². The maximum atomic E-state index is 13.2. The Morgan fingerprint density at radius 3 is 2.50 bits per heavy atom. The summed E-state index contributed by atoms with van der Waals surface area (Å²) in [5.74, 6) is -0.562. The lowest BCUT2D eigenvalue weighted by atomic mass is 10.0. The summed E-state index contributed by atoms with van der Waals surface area (Å²) in [4.78, 5) is 0. The van der Waals surface area contributed by atoms with Crippen LogP contribution >= 0.6 is 23.2 Å². The lowest BCUT2D eigenvalue weighted by Gasteiger charge is -2.19. The molecule has 0 bridgehead atoms. The molecule has 1 aliphatic rings. The van der Waals surface area contributed by atoms with Crippen LogP contribution in [0.5, 0.6) is 0 Å². The molecule has 0 aliphatic heterocycles. The van der Waals surface area contributed by atoms with Gasteiger partial charge in [0.1, 0.15) is 0 Å². The Hall–Kier alpha value is -0.730. The molecule has 1 N–H and O–H groups in total. The molecule has 0 fully saturated rings. The number of nitrogens with one attached hydrogen (secondary N) is 1. The van der Waals surface area contributed by atoms with Crippen molar-refractivity contribution >= 4 is 28.9 Å². The number of allylic oxidation sites excluding steroid dienone is 1. The van der Waals surface area contributed by atoms with Crippen molar-refractivity contribution in [2.75, 3.05) is 5.32 Å². The van der Waals surface area contributed by atoms with Crippen LogP contribution in [0.3, 0.4) is 0 Å². The predicted molar refractivity (Wildman–Crippen MR) is 66.8 cm³/mol. The van der Waals surface area contributed by atoms with Crippen molar-refractivity contribution < 1.29 is 4.39 Å². The van der Waals surface area contributed by atoms with Gasteiger partial charge in [-0.3, -0.25) is 0 Å². The molecule has 0 amide bonds. The van der Waals surface area contributed by atoms with Crippen LogP contribution in [0.2, 0.25) is 10.0 Å². The van der Waals surface area contributed by atoms with E-state index in [0.29, 0.717) is 0 Å². The van der Waals surface area contributed by atoms with Crippen molar-refractivity contribution in [1.29, 1.82) is 0 Å². The molecule has 0 heterocycles. The smallest absolute Gasteiger partial charge is 0.160 e. The van der Waals surface area contributed by atoms with Gasteiger partial charge in [-0.25, -0.2) is 4.39 Å². The molecule has 0 aromatic heterocycles. The molecule has 1 atom stereocenters. The van der Waals surface area contributed by atoms with Gasteiger partial charge in [-0.1, -0.05) is 35.4 Å². The van der Waals surface area contributed by atoms with Gasteiger partial charge in [0.05, 0.1) is 10.0 Å². The average Bonchev–Trinajstić information content (AvgIpc) is 2.27. The molecule has 1 aromatic carbocycles. The summed E-state index contributed by atoms with van der Waals surface area (Å²) >= 11 is 11.4. The first-order valence-electron chi connectivity index (χ1n) is 5.24. The molecule has 86 valence electrons. The third kappa shape index (κ3) is 2.69. The van der Waals surface area contributed by atoms with Gasteiger partial charge in [0.15, 0.2) is 5.82 Å². The second kappa shape index (κ2) is 5.07. The van der Waals surface area contributed by atoms with Crippen LogP contribution in [0.1, 0.15) is 19.3 Å². The maximum absolute atomic E-state index is 13.2. The molecule has 0 saturated carbocycles. The minimum Gasteiger partial charge on any atom is -0.379 e. The Morgan fingerprint density at radius 1 is 1.25 bits per heavy atom. The zero-order chi connectivity index (χ0) is 11.5. The minimum absolute atomic E-state index is 0.0507. The maximum Gasteiger partial charge on any atom is 0.160 e. The van der Waals surface area contributed by atoms with Gasteiger partial charge < -0.3 is 5.32 Å². The molecule has 0 radical (unpaired) electrons. The second-order valence-corrected chi connectivity index (χ2v) is 4.68. The van der Waals surface area contributed by atoms with E-state index in [4.69, 9.17) is 23.2 Å². The van der Waals surface area contributed by atoms with Crippen molar-refractivity contribution in [3.05, 3.63) is 40.1 Å². The molecule has 0 saturated heterocycles. The van der Waals surface area contributed by atoms with Crippen molar-refractivity contribution in [2.24, 2.45) is 0 Å². The number of hydrogen-bond donors (Lipinski definition) is 1. The number of rotatable bonds is 2. The normalized spacial score (nSPS) is 19.8. The first-order valence-corrected chi connectivity index (χ1v) is 6.00.